The van der Waals surface area contributed by atoms with Gasteiger partial charge in [0.1, 0.15) is 11.6 Å². The van der Waals surface area contributed by atoms with Crippen molar-refractivity contribution in [2.45, 2.75) is 0 Å². The number of halogens is 1. The fourth-order valence-corrected chi connectivity index (χ4v) is 1.74. The molecule has 5 heteroatoms. The Bertz CT molecular complexity index is 690. The molecule has 0 unspecified atom stereocenters. The van der Waals surface area contributed by atoms with Crippen LogP contribution in [0, 0.1) is 17.1 Å². The number of amides is 1. The molecule has 0 aliphatic heterocycles. The second-order valence-corrected chi connectivity index (χ2v) is 4.18. The van der Waals surface area contributed by atoms with E-state index in [1.807, 2.05) is 6.07 Å². The summed E-state index contributed by atoms with van der Waals surface area (Å²) >= 11 is 0. The Morgan fingerprint density at radius 2 is 1.90 bits per heavy atom. The van der Waals surface area contributed by atoms with Crippen molar-refractivity contribution in [2.24, 2.45) is 0 Å². The lowest BCUT2D eigenvalue weighted by Crippen LogP contribution is -2.26. The fourth-order valence-electron chi connectivity index (χ4n) is 1.74. The van der Waals surface area contributed by atoms with Gasteiger partial charge in [-0.2, -0.15) is 5.26 Å². The maximum Gasteiger partial charge on any atom is 0.261 e. The SMILES string of the molecule is CN(C(=O)c1ccc(F)cc1O)c1ccc(C#N)cc1. The van der Waals surface area contributed by atoms with Crippen LogP contribution >= 0.6 is 0 Å². The van der Waals surface area contributed by atoms with Crippen molar-refractivity contribution in [1.29, 1.82) is 5.26 Å². The maximum absolute atomic E-state index is 12.9. The molecule has 4 nitrogen and oxygen atoms in total. The van der Waals surface area contributed by atoms with E-state index in [9.17, 15) is 14.3 Å². The Hall–Kier alpha value is -2.87. The van der Waals surface area contributed by atoms with Crippen molar-refractivity contribution in [1.82, 2.24) is 0 Å². The maximum atomic E-state index is 12.9. The molecule has 2 rings (SSSR count). The first-order valence-corrected chi connectivity index (χ1v) is 5.79. The molecule has 0 saturated carbocycles. The Morgan fingerprint density at radius 3 is 2.45 bits per heavy atom. The second-order valence-electron chi connectivity index (χ2n) is 4.18. The van der Waals surface area contributed by atoms with Crippen LogP contribution in [-0.2, 0) is 0 Å². The van der Waals surface area contributed by atoms with Gasteiger partial charge in [0, 0.05) is 18.8 Å². The number of nitrogens with zero attached hydrogens (tertiary/aromatic N) is 2. The summed E-state index contributed by atoms with van der Waals surface area (Å²) in [6.45, 7) is 0. The summed E-state index contributed by atoms with van der Waals surface area (Å²) in [6.07, 6.45) is 0. The third kappa shape index (κ3) is 2.59. The molecule has 100 valence electrons. The number of hydrogen-bond acceptors (Lipinski definition) is 3. The number of phenolic OH excluding ortho intramolecular Hbond substituents is 1. The average molecular weight is 270 g/mol. The number of carbonyl (C=O) groups is 1. The minimum atomic E-state index is -0.611. The molecule has 20 heavy (non-hydrogen) atoms. The largest absolute Gasteiger partial charge is 0.507 e. The van der Waals surface area contributed by atoms with E-state index in [2.05, 4.69) is 0 Å². The van der Waals surface area contributed by atoms with Crippen molar-refractivity contribution in [3.8, 4) is 11.8 Å². The van der Waals surface area contributed by atoms with E-state index >= 15 is 0 Å². The summed E-state index contributed by atoms with van der Waals surface area (Å²) in [5.74, 6) is -1.48. The molecule has 0 aromatic heterocycles. The summed E-state index contributed by atoms with van der Waals surface area (Å²) in [6, 6.07) is 11.6. The first kappa shape index (κ1) is 13.6. The van der Waals surface area contributed by atoms with Gasteiger partial charge in [0.25, 0.3) is 5.91 Å². The van der Waals surface area contributed by atoms with Gasteiger partial charge in [0.2, 0.25) is 0 Å². The van der Waals surface area contributed by atoms with Gasteiger partial charge < -0.3 is 10.0 Å². The Kier molecular flexibility index (Phi) is 3.67. The standard InChI is InChI=1S/C15H11FN2O2/c1-18(12-5-2-10(9-17)3-6-12)15(20)13-7-4-11(16)8-14(13)19/h2-8,19H,1H3. The molecule has 0 aliphatic rings. The number of benzene rings is 2. The van der Waals surface area contributed by atoms with E-state index in [0.717, 1.165) is 12.1 Å². The highest BCUT2D eigenvalue weighted by molar-refractivity contribution is 6.07. The van der Waals surface area contributed by atoms with Crippen LogP contribution in [0.15, 0.2) is 42.5 Å². The van der Waals surface area contributed by atoms with E-state index in [1.54, 1.807) is 24.3 Å². The number of nitriles is 1. The smallest absolute Gasteiger partial charge is 0.261 e. The molecule has 0 heterocycles. The quantitative estimate of drug-likeness (QED) is 0.912. The molecule has 1 amide bonds. The number of phenols is 1. The van der Waals surface area contributed by atoms with Gasteiger partial charge in [0.05, 0.1) is 17.2 Å². The van der Waals surface area contributed by atoms with Crippen LogP contribution < -0.4 is 4.90 Å². The molecule has 2 aromatic rings. The highest BCUT2D eigenvalue weighted by atomic mass is 19.1. The van der Waals surface area contributed by atoms with E-state index in [4.69, 9.17) is 5.26 Å². The first-order valence-electron chi connectivity index (χ1n) is 5.79. The van der Waals surface area contributed by atoms with Crippen molar-refractivity contribution < 1.29 is 14.3 Å². The van der Waals surface area contributed by atoms with Gasteiger partial charge >= 0.3 is 0 Å². The Labute approximate surface area is 115 Å². The Balaban J connectivity index is 2.30. The van der Waals surface area contributed by atoms with Crippen molar-refractivity contribution in [2.75, 3.05) is 11.9 Å². The summed E-state index contributed by atoms with van der Waals surface area (Å²) in [5.41, 5.74) is 1.07. The molecule has 0 radical (unpaired) electrons. The molecule has 1 N–H and O–H groups in total. The molecular weight excluding hydrogens is 259 g/mol. The molecule has 0 atom stereocenters. The zero-order valence-electron chi connectivity index (χ0n) is 10.7. The number of hydrogen-bond donors (Lipinski definition) is 1. The van der Waals surface area contributed by atoms with Gasteiger partial charge in [-0.05, 0) is 36.4 Å². The molecule has 0 fully saturated rings. The summed E-state index contributed by atoms with van der Waals surface area (Å²) in [5, 5.41) is 18.3. The lowest BCUT2D eigenvalue weighted by atomic mass is 10.1. The van der Waals surface area contributed by atoms with Crippen LogP contribution in [0.4, 0.5) is 10.1 Å². The topological polar surface area (TPSA) is 64.3 Å². The Morgan fingerprint density at radius 1 is 1.25 bits per heavy atom. The zero-order valence-corrected chi connectivity index (χ0v) is 10.7. The van der Waals surface area contributed by atoms with Gasteiger partial charge in [-0.25, -0.2) is 4.39 Å². The molecule has 0 aliphatic carbocycles. The predicted octanol–water partition coefficient (Wildman–Crippen LogP) is 2.68. The first-order chi connectivity index (χ1) is 9.52. The van der Waals surface area contributed by atoms with Crippen molar-refractivity contribution in [3.63, 3.8) is 0 Å². The highest BCUT2D eigenvalue weighted by Crippen LogP contribution is 2.22. The highest BCUT2D eigenvalue weighted by Gasteiger charge is 2.17. The van der Waals surface area contributed by atoms with E-state index in [1.165, 1.54) is 18.0 Å². The van der Waals surface area contributed by atoms with Crippen molar-refractivity contribution in [3.05, 3.63) is 59.4 Å². The van der Waals surface area contributed by atoms with E-state index in [-0.39, 0.29) is 5.56 Å². The van der Waals surface area contributed by atoms with Gasteiger partial charge in [0.15, 0.2) is 0 Å². The average Bonchev–Trinajstić information content (AvgIpc) is 2.46. The molecule has 0 bridgehead atoms. The number of aromatic hydroxyl groups is 1. The minimum absolute atomic E-state index is 0.0123. The molecule has 2 aromatic carbocycles. The minimum Gasteiger partial charge on any atom is -0.507 e. The number of carbonyl (C=O) groups excluding carboxylic acids is 1. The zero-order chi connectivity index (χ0) is 14.7. The second kappa shape index (κ2) is 5.41. The van der Waals surface area contributed by atoms with E-state index < -0.39 is 17.5 Å². The summed E-state index contributed by atoms with van der Waals surface area (Å²) in [4.78, 5) is 13.5. The molecule has 0 saturated heterocycles. The fraction of sp³-hybridized carbons (Fsp3) is 0.0667. The molecular formula is C15H11FN2O2. The van der Waals surface area contributed by atoms with Crippen LogP contribution in [0.1, 0.15) is 15.9 Å². The number of rotatable bonds is 2. The lowest BCUT2D eigenvalue weighted by molar-refractivity contribution is 0.0990. The van der Waals surface area contributed by atoms with Crippen molar-refractivity contribution >= 4 is 11.6 Å². The third-order valence-electron chi connectivity index (χ3n) is 2.88. The van der Waals surface area contributed by atoms with Crippen LogP contribution in [0.2, 0.25) is 0 Å². The van der Waals surface area contributed by atoms with Crippen LogP contribution in [0.5, 0.6) is 5.75 Å². The molecule has 0 spiro atoms. The predicted molar refractivity (Wildman–Crippen MR) is 72.0 cm³/mol. The summed E-state index contributed by atoms with van der Waals surface area (Å²) in [7, 11) is 1.53. The number of anilines is 1. The van der Waals surface area contributed by atoms with Gasteiger partial charge in [-0.15, -0.1) is 0 Å². The lowest BCUT2D eigenvalue weighted by Gasteiger charge is -2.18. The van der Waals surface area contributed by atoms with Crippen LogP contribution in [-0.4, -0.2) is 18.1 Å². The van der Waals surface area contributed by atoms with Gasteiger partial charge in [-0.3, -0.25) is 4.79 Å². The van der Waals surface area contributed by atoms with Crippen LogP contribution in [0.25, 0.3) is 0 Å². The monoisotopic (exact) mass is 270 g/mol. The van der Waals surface area contributed by atoms with Gasteiger partial charge in [-0.1, -0.05) is 0 Å². The van der Waals surface area contributed by atoms with Crippen LogP contribution in [0.3, 0.4) is 0 Å². The van der Waals surface area contributed by atoms with E-state index in [0.29, 0.717) is 11.3 Å². The summed E-state index contributed by atoms with van der Waals surface area (Å²) < 4.78 is 12.9. The normalized spacial score (nSPS) is 9.85. The third-order valence-corrected chi connectivity index (χ3v) is 2.88.